The number of amides is 1. The average molecular weight is 462 g/mol. The topological polar surface area (TPSA) is 70.5 Å². The van der Waals surface area contributed by atoms with Gasteiger partial charge in [0.05, 0.1) is 21.8 Å². The summed E-state index contributed by atoms with van der Waals surface area (Å²) in [7, 11) is 0. The Morgan fingerprint density at radius 2 is 1.76 bits per heavy atom. The van der Waals surface area contributed by atoms with Crippen LogP contribution >= 0.6 is 11.3 Å². The number of halogens is 2. The van der Waals surface area contributed by atoms with Gasteiger partial charge < -0.3 is 5.11 Å². The van der Waals surface area contributed by atoms with Crippen molar-refractivity contribution >= 4 is 44.1 Å². The zero-order chi connectivity index (χ0) is 23.3. The zero-order valence-corrected chi connectivity index (χ0v) is 18.1. The Bertz CT molecular complexity index is 1460. The molecule has 5 nitrogen and oxygen atoms in total. The SMILES string of the molecule is Cc1ccc2nc(N3C(=O)C(=O)C(=C(O)c4ccc(F)cc4)C3c3cccc(F)c3)sc2c1. The van der Waals surface area contributed by atoms with Gasteiger partial charge in [0.2, 0.25) is 0 Å². The van der Waals surface area contributed by atoms with E-state index in [0.29, 0.717) is 11.1 Å². The van der Waals surface area contributed by atoms with Crippen LogP contribution in [0.5, 0.6) is 0 Å². The number of Topliss-reactive ketones (excluding diaryl/α,β-unsaturated/α-hetero) is 1. The Morgan fingerprint density at radius 1 is 1.00 bits per heavy atom. The van der Waals surface area contributed by atoms with E-state index in [0.717, 1.165) is 22.4 Å². The summed E-state index contributed by atoms with van der Waals surface area (Å²) in [6.45, 7) is 1.93. The van der Waals surface area contributed by atoms with Gasteiger partial charge in [0.15, 0.2) is 5.13 Å². The van der Waals surface area contributed by atoms with Crippen molar-refractivity contribution in [3.8, 4) is 0 Å². The molecule has 0 radical (unpaired) electrons. The summed E-state index contributed by atoms with van der Waals surface area (Å²) >= 11 is 1.22. The third-order valence-corrected chi connectivity index (χ3v) is 6.48. The van der Waals surface area contributed by atoms with E-state index >= 15 is 0 Å². The van der Waals surface area contributed by atoms with E-state index in [1.54, 1.807) is 6.07 Å². The lowest BCUT2D eigenvalue weighted by Gasteiger charge is -2.23. The Morgan fingerprint density at radius 3 is 2.48 bits per heavy atom. The molecule has 33 heavy (non-hydrogen) atoms. The second kappa shape index (κ2) is 7.90. The highest BCUT2D eigenvalue weighted by atomic mass is 32.1. The molecule has 1 unspecified atom stereocenters. The molecule has 1 aliphatic heterocycles. The van der Waals surface area contributed by atoms with Crippen molar-refractivity contribution < 1.29 is 23.5 Å². The number of hydrogen-bond donors (Lipinski definition) is 1. The number of aliphatic hydroxyl groups excluding tert-OH is 1. The van der Waals surface area contributed by atoms with Crippen molar-refractivity contribution in [2.24, 2.45) is 0 Å². The number of aromatic nitrogens is 1. The number of aliphatic hydroxyl groups is 1. The first kappa shape index (κ1) is 21.0. The van der Waals surface area contributed by atoms with E-state index < -0.39 is 35.1 Å². The van der Waals surface area contributed by atoms with Gasteiger partial charge in [0, 0.05) is 5.56 Å². The lowest BCUT2D eigenvalue weighted by Crippen LogP contribution is -2.29. The van der Waals surface area contributed by atoms with Gasteiger partial charge in [0.1, 0.15) is 17.4 Å². The van der Waals surface area contributed by atoms with E-state index in [9.17, 15) is 23.5 Å². The summed E-state index contributed by atoms with van der Waals surface area (Å²) in [4.78, 5) is 32.0. The first-order valence-electron chi connectivity index (χ1n) is 10.0. The summed E-state index contributed by atoms with van der Waals surface area (Å²) in [5.41, 5.74) is 1.91. The maximum Gasteiger partial charge on any atom is 0.301 e. The normalized spacial score (nSPS) is 17.8. The number of anilines is 1. The van der Waals surface area contributed by atoms with Crippen molar-refractivity contribution in [1.82, 2.24) is 4.98 Å². The minimum Gasteiger partial charge on any atom is -0.507 e. The van der Waals surface area contributed by atoms with Crippen molar-refractivity contribution in [1.29, 1.82) is 0 Å². The van der Waals surface area contributed by atoms with Gasteiger partial charge in [-0.3, -0.25) is 14.5 Å². The molecule has 0 bridgehead atoms. The summed E-state index contributed by atoms with van der Waals surface area (Å²) < 4.78 is 28.3. The van der Waals surface area contributed by atoms with Crippen molar-refractivity contribution in [3.63, 3.8) is 0 Å². The Balaban J connectivity index is 1.74. The molecule has 1 aliphatic rings. The van der Waals surface area contributed by atoms with E-state index in [1.807, 2.05) is 25.1 Å². The first-order chi connectivity index (χ1) is 15.8. The molecule has 164 valence electrons. The van der Waals surface area contributed by atoms with E-state index in [2.05, 4.69) is 4.98 Å². The van der Waals surface area contributed by atoms with Gasteiger partial charge in [-0.1, -0.05) is 29.5 Å². The van der Waals surface area contributed by atoms with Crippen LogP contribution in [-0.4, -0.2) is 21.8 Å². The molecule has 1 saturated heterocycles. The van der Waals surface area contributed by atoms with Crippen LogP contribution in [0.15, 0.2) is 72.3 Å². The molecule has 4 aromatic rings. The molecular formula is C25H16F2N2O3S. The Labute approximate surface area is 191 Å². The minimum absolute atomic E-state index is 0.163. The third-order valence-electron chi connectivity index (χ3n) is 5.47. The summed E-state index contributed by atoms with van der Waals surface area (Å²) in [6.07, 6.45) is 0. The number of rotatable bonds is 3. The molecule has 2 heterocycles. The largest absolute Gasteiger partial charge is 0.507 e. The lowest BCUT2D eigenvalue weighted by molar-refractivity contribution is -0.132. The Kier molecular flexibility index (Phi) is 5.02. The number of benzene rings is 3. The highest BCUT2D eigenvalue weighted by Gasteiger charge is 2.48. The van der Waals surface area contributed by atoms with Gasteiger partial charge in [-0.05, 0) is 66.6 Å². The summed E-state index contributed by atoms with van der Waals surface area (Å²) in [6, 6.07) is 14.9. The number of hydrogen-bond acceptors (Lipinski definition) is 5. The number of carbonyl (C=O) groups is 2. The van der Waals surface area contributed by atoms with Crippen LogP contribution in [0, 0.1) is 18.6 Å². The molecule has 0 spiro atoms. The fourth-order valence-electron chi connectivity index (χ4n) is 3.91. The number of ketones is 1. The molecule has 1 amide bonds. The second-order valence-electron chi connectivity index (χ2n) is 7.70. The third kappa shape index (κ3) is 3.58. The maximum atomic E-state index is 14.1. The molecule has 0 saturated carbocycles. The predicted molar refractivity (Wildman–Crippen MR) is 122 cm³/mol. The van der Waals surface area contributed by atoms with Crippen molar-refractivity contribution in [2.45, 2.75) is 13.0 Å². The van der Waals surface area contributed by atoms with E-state index in [-0.39, 0.29) is 16.3 Å². The van der Waals surface area contributed by atoms with Crippen LogP contribution in [-0.2, 0) is 9.59 Å². The van der Waals surface area contributed by atoms with Gasteiger partial charge in [0.25, 0.3) is 5.78 Å². The Hall–Kier alpha value is -3.91. The molecule has 8 heteroatoms. The van der Waals surface area contributed by atoms with Gasteiger partial charge >= 0.3 is 5.91 Å². The quantitative estimate of drug-likeness (QED) is 0.248. The predicted octanol–water partition coefficient (Wildman–Crippen LogP) is 5.51. The second-order valence-corrected chi connectivity index (χ2v) is 8.71. The van der Waals surface area contributed by atoms with E-state index in [4.69, 9.17) is 0 Å². The smallest absolute Gasteiger partial charge is 0.301 e. The number of nitrogens with zero attached hydrogens (tertiary/aromatic N) is 2. The summed E-state index contributed by atoms with van der Waals surface area (Å²) in [5, 5.41) is 11.2. The highest BCUT2D eigenvalue weighted by molar-refractivity contribution is 7.22. The maximum absolute atomic E-state index is 14.1. The molecule has 1 atom stereocenters. The van der Waals surface area contributed by atoms with Gasteiger partial charge in [-0.15, -0.1) is 0 Å². The van der Waals surface area contributed by atoms with Crippen LogP contribution in [0.3, 0.4) is 0 Å². The number of carbonyl (C=O) groups excluding carboxylic acids is 2. The van der Waals surface area contributed by atoms with Crippen LogP contribution in [0.25, 0.3) is 16.0 Å². The molecule has 1 aromatic heterocycles. The van der Waals surface area contributed by atoms with Crippen LogP contribution in [0.1, 0.15) is 22.7 Å². The fraction of sp³-hybridized carbons (Fsp3) is 0.0800. The van der Waals surface area contributed by atoms with E-state index in [1.165, 1.54) is 46.6 Å². The highest BCUT2D eigenvalue weighted by Crippen LogP contribution is 2.44. The van der Waals surface area contributed by atoms with Gasteiger partial charge in [-0.25, -0.2) is 13.8 Å². The van der Waals surface area contributed by atoms with Crippen molar-refractivity contribution in [3.05, 3.63) is 101 Å². The summed E-state index contributed by atoms with van der Waals surface area (Å²) in [5.74, 6) is -3.36. The first-order valence-corrected chi connectivity index (χ1v) is 10.8. The van der Waals surface area contributed by atoms with Crippen LogP contribution in [0.2, 0.25) is 0 Å². The molecule has 5 rings (SSSR count). The molecule has 3 aromatic carbocycles. The van der Waals surface area contributed by atoms with Crippen LogP contribution in [0.4, 0.5) is 13.9 Å². The minimum atomic E-state index is -1.10. The number of aryl methyl sites for hydroxylation is 1. The zero-order valence-electron chi connectivity index (χ0n) is 17.3. The van der Waals surface area contributed by atoms with Crippen LogP contribution < -0.4 is 4.90 Å². The molecule has 1 N–H and O–H groups in total. The average Bonchev–Trinajstić information content (AvgIpc) is 3.32. The monoisotopic (exact) mass is 462 g/mol. The fourth-order valence-corrected chi connectivity index (χ4v) is 5.00. The number of fused-ring (bicyclic) bond motifs is 1. The molecule has 0 aliphatic carbocycles. The van der Waals surface area contributed by atoms with Gasteiger partial charge in [-0.2, -0.15) is 0 Å². The molecule has 1 fully saturated rings. The molecular weight excluding hydrogens is 446 g/mol. The standard InChI is InChI=1S/C25H16F2N2O3S/c1-13-5-10-18-19(11-13)33-25(28-18)29-21(15-3-2-4-17(27)12-15)20(23(31)24(29)32)22(30)14-6-8-16(26)9-7-14/h2-12,21,30H,1H3. The van der Waals surface area contributed by atoms with Crippen molar-refractivity contribution in [2.75, 3.05) is 4.90 Å². The lowest BCUT2D eigenvalue weighted by atomic mass is 9.95. The number of thiazole rings is 1.